The van der Waals surface area contributed by atoms with Gasteiger partial charge in [0.2, 0.25) is 0 Å². The summed E-state index contributed by atoms with van der Waals surface area (Å²) < 4.78 is 5.06. The summed E-state index contributed by atoms with van der Waals surface area (Å²) in [7, 11) is 0. The van der Waals surface area contributed by atoms with Crippen molar-refractivity contribution >= 4 is 40.2 Å². The molecule has 26 heavy (non-hydrogen) atoms. The van der Waals surface area contributed by atoms with Crippen LogP contribution in [0.4, 0.5) is 5.69 Å². The number of nitriles is 1. The number of aryl methyl sites for hydroxylation is 1. The van der Waals surface area contributed by atoms with Crippen molar-refractivity contribution in [2.45, 2.75) is 11.8 Å². The number of anilines is 1. The lowest BCUT2D eigenvalue weighted by Gasteiger charge is -2.09. The molecule has 0 aliphatic rings. The number of aromatic amines is 1. The predicted molar refractivity (Wildman–Crippen MR) is 99.9 cm³/mol. The number of rotatable bonds is 5. The first kappa shape index (κ1) is 17.6. The lowest BCUT2D eigenvalue weighted by atomic mass is 10.2. The van der Waals surface area contributed by atoms with Gasteiger partial charge in [-0.2, -0.15) is 5.26 Å². The number of H-pyrrole nitrogens is 1. The molecule has 1 amide bonds. The molecule has 6 nitrogen and oxygen atoms in total. The van der Waals surface area contributed by atoms with E-state index in [-0.39, 0.29) is 6.61 Å². The first-order valence-electron chi connectivity index (χ1n) is 7.78. The number of nitrogens with one attached hydrogen (secondary N) is 2. The number of hydrogen-bond donors (Lipinski definition) is 2. The number of benzene rings is 2. The van der Waals surface area contributed by atoms with Crippen molar-refractivity contribution in [1.29, 1.82) is 5.26 Å². The van der Waals surface area contributed by atoms with Crippen LogP contribution in [0.25, 0.3) is 10.9 Å². The lowest BCUT2D eigenvalue weighted by molar-refractivity contribution is -0.119. The van der Waals surface area contributed by atoms with Crippen molar-refractivity contribution in [2.24, 2.45) is 0 Å². The fourth-order valence-electron chi connectivity index (χ4n) is 2.47. The minimum atomic E-state index is -0.589. The largest absolute Gasteiger partial charge is 0.451 e. The molecule has 2 N–H and O–H groups in total. The Hall–Kier alpha value is -3.24. The van der Waals surface area contributed by atoms with Gasteiger partial charge >= 0.3 is 5.97 Å². The molecular weight excluding hydrogens is 350 g/mol. The second-order valence-corrected chi connectivity index (χ2v) is 6.42. The highest BCUT2D eigenvalue weighted by Gasteiger charge is 2.13. The molecule has 2 aromatic carbocycles. The van der Waals surface area contributed by atoms with E-state index in [9.17, 15) is 9.59 Å². The van der Waals surface area contributed by atoms with Crippen molar-refractivity contribution in [3.63, 3.8) is 0 Å². The molecule has 0 fully saturated rings. The monoisotopic (exact) mass is 365 g/mol. The van der Waals surface area contributed by atoms with Crippen LogP contribution in [-0.2, 0) is 9.53 Å². The van der Waals surface area contributed by atoms with E-state index in [0.29, 0.717) is 11.4 Å². The summed E-state index contributed by atoms with van der Waals surface area (Å²) in [5.41, 5.74) is 2.56. The first-order chi connectivity index (χ1) is 12.6. The van der Waals surface area contributed by atoms with E-state index in [1.807, 2.05) is 36.6 Å². The van der Waals surface area contributed by atoms with E-state index in [4.69, 9.17) is 10.00 Å². The highest BCUT2D eigenvalue weighted by atomic mass is 32.2. The summed E-state index contributed by atoms with van der Waals surface area (Å²) in [6.07, 6.45) is 0. The highest BCUT2D eigenvalue weighted by molar-refractivity contribution is 8.03. The van der Waals surface area contributed by atoms with Crippen molar-refractivity contribution in [2.75, 3.05) is 11.9 Å². The summed E-state index contributed by atoms with van der Waals surface area (Å²) >= 11 is 1.05. The molecule has 0 unspecified atom stereocenters. The van der Waals surface area contributed by atoms with Crippen molar-refractivity contribution < 1.29 is 14.3 Å². The van der Waals surface area contributed by atoms with Crippen LogP contribution in [-0.4, -0.2) is 23.5 Å². The van der Waals surface area contributed by atoms with Gasteiger partial charge in [0.25, 0.3) is 5.91 Å². The zero-order chi connectivity index (χ0) is 18.5. The number of hydrogen-bond acceptors (Lipinski definition) is 5. The molecule has 0 saturated carbocycles. The molecule has 0 atom stereocenters. The van der Waals surface area contributed by atoms with Gasteiger partial charge in [0.15, 0.2) is 6.61 Å². The molecule has 0 radical (unpaired) electrons. The number of aromatic nitrogens is 1. The number of carbonyl (C=O) groups excluding carboxylic acids is 2. The average molecular weight is 365 g/mol. The Labute approximate surface area is 154 Å². The zero-order valence-electron chi connectivity index (χ0n) is 13.9. The Morgan fingerprint density at radius 3 is 2.77 bits per heavy atom. The molecular formula is C19H15N3O3S. The topological polar surface area (TPSA) is 95.0 Å². The number of thiocyanates is 1. The van der Waals surface area contributed by atoms with Crippen LogP contribution < -0.4 is 5.32 Å². The molecule has 130 valence electrons. The van der Waals surface area contributed by atoms with Gasteiger partial charge in [-0.15, -0.1) is 0 Å². The van der Waals surface area contributed by atoms with Gasteiger partial charge in [0, 0.05) is 21.5 Å². The van der Waals surface area contributed by atoms with Gasteiger partial charge < -0.3 is 15.0 Å². The molecule has 1 aromatic heterocycles. The SMILES string of the molecule is Cc1cc(SC#N)ccc1NC(=O)COC(=O)c1cc2ccccc2[nH]1. The van der Waals surface area contributed by atoms with Crippen LogP contribution in [0, 0.1) is 17.6 Å². The molecule has 0 spiro atoms. The predicted octanol–water partition coefficient (Wildman–Crippen LogP) is 3.85. The quantitative estimate of drug-likeness (QED) is 0.407. The molecule has 0 aliphatic carbocycles. The number of carbonyl (C=O) groups is 2. The maximum Gasteiger partial charge on any atom is 0.355 e. The fraction of sp³-hybridized carbons (Fsp3) is 0.105. The van der Waals surface area contributed by atoms with Gasteiger partial charge in [-0.3, -0.25) is 4.79 Å². The van der Waals surface area contributed by atoms with Crippen LogP contribution in [0.5, 0.6) is 0 Å². The smallest absolute Gasteiger partial charge is 0.355 e. The molecule has 3 rings (SSSR count). The minimum Gasteiger partial charge on any atom is -0.451 e. The fourth-order valence-corrected chi connectivity index (χ4v) is 2.95. The van der Waals surface area contributed by atoms with Crippen LogP contribution >= 0.6 is 11.8 Å². The van der Waals surface area contributed by atoms with Gasteiger partial charge in [0.05, 0.1) is 0 Å². The summed E-state index contributed by atoms with van der Waals surface area (Å²) in [4.78, 5) is 27.9. The number of ether oxygens (including phenoxy) is 1. The normalized spacial score (nSPS) is 10.3. The number of fused-ring (bicyclic) bond motifs is 1. The molecule has 0 saturated heterocycles. The number of nitrogens with zero attached hydrogens (tertiary/aromatic N) is 1. The van der Waals surface area contributed by atoms with Gasteiger partial charge in [0.1, 0.15) is 11.1 Å². The van der Waals surface area contributed by atoms with Crippen molar-refractivity contribution in [3.8, 4) is 5.40 Å². The maximum atomic E-state index is 12.1. The van der Waals surface area contributed by atoms with Gasteiger partial charge in [-0.1, -0.05) is 18.2 Å². The minimum absolute atomic E-state index is 0.299. The standard InChI is InChI=1S/C19H15N3O3S/c1-12-8-14(26-11-20)6-7-15(12)22-18(23)10-25-19(24)17-9-13-4-2-3-5-16(13)21-17/h2-9,21H,10H2,1H3,(H,22,23). The van der Waals surface area contributed by atoms with Crippen LogP contribution in [0.15, 0.2) is 53.4 Å². The third-order valence-corrected chi connectivity index (χ3v) is 4.30. The van der Waals surface area contributed by atoms with E-state index >= 15 is 0 Å². The number of amides is 1. The summed E-state index contributed by atoms with van der Waals surface area (Å²) in [5, 5.41) is 14.3. The van der Waals surface area contributed by atoms with Crippen LogP contribution in [0.2, 0.25) is 0 Å². The average Bonchev–Trinajstić information content (AvgIpc) is 3.06. The Kier molecular flexibility index (Phi) is 5.25. The zero-order valence-corrected chi connectivity index (χ0v) is 14.7. The highest BCUT2D eigenvalue weighted by Crippen LogP contribution is 2.23. The van der Waals surface area contributed by atoms with Gasteiger partial charge in [-0.05, 0) is 54.6 Å². The van der Waals surface area contributed by atoms with E-state index in [1.54, 1.807) is 24.3 Å². The Bertz CT molecular complexity index is 987. The third kappa shape index (κ3) is 4.05. The molecule has 1 heterocycles. The van der Waals surface area contributed by atoms with E-state index in [1.165, 1.54) is 0 Å². The van der Waals surface area contributed by atoms with E-state index < -0.39 is 11.9 Å². The Morgan fingerprint density at radius 2 is 2.04 bits per heavy atom. The lowest BCUT2D eigenvalue weighted by Crippen LogP contribution is -2.21. The summed E-state index contributed by atoms with van der Waals surface area (Å²) in [6.45, 7) is 1.44. The second-order valence-electron chi connectivity index (χ2n) is 5.56. The number of para-hydroxylation sites is 1. The summed E-state index contributed by atoms with van der Waals surface area (Å²) in [5.74, 6) is -1.02. The van der Waals surface area contributed by atoms with Crippen LogP contribution in [0.3, 0.4) is 0 Å². The summed E-state index contributed by atoms with van der Waals surface area (Å²) in [6, 6.07) is 14.4. The molecule has 7 heteroatoms. The molecule has 0 aliphatic heterocycles. The Morgan fingerprint density at radius 1 is 1.23 bits per heavy atom. The number of thioether (sulfide) groups is 1. The van der Waals surface area contributed by atoms with E-state index in [0.717, 1.165) is 33.1 Å². The van der Waals surface area contributed by atoms with E-state index in [2.05, 4.69) is 10.3 Å². The molecule has 3 aromatic rings. The van der Waals surface area contributed by atoms with Crippen molar-refractivity contribution in [3.05, 3.63) is 59.8 Å². The number of esters is 1. The third-order valence-electron chi connectivity index (χ3n) is 3.72. The van der Waals surface area contributed by atoms with Crippen molar-refractivity contribution in [1.82, 2.24) is 4.98 Å². The maximum absolute atomic E-state index is 12.1. The van der Waals surface area contributed by atoms with Crippen LogP contribution in [0.1, 0.15) is 16.1 Å². The Balaban J connectivity index is 1.58. The molecule has 0 bridgehead atoms. The second kappa shape index (κ2) is 7.76. The van der Waals surface area contributed by atoms with Gasteiger partial charge in [-0.25, -0.2) is 4.79 Å². The first-order valence-corrected chi connectivity index (χ1v) is 8.60.